The van der Waals surface area contributed by atoms with E-state index >= 15 is 0 Å². The van der Waals surface area contributed by atoms with Gasteiger partial charge in [0.1, 0.15) is 0 Å². The molecule has 1 aliphatic heterocycles. The van der Waals surface area contributed by atoms with Gasteiger partial charge < -0.3 is 15.7 Å². The highest BCUT2D eigenvalue weighted by molar-refractivity contribution is 7.98. The number of rotatable bonds is 4. The summed E-state index contributed by atoms with van der Waals surface area (Å²) in [6.07, 6.45) is 4.37. The van der Waals surface area contributed by atoms with E-state index in [1.54, 1.807) is 11.8 Å². The van der Waals surface area contributed by atoms with Crippen LogP contribution in [0.5, 0.6) is 0 Å². The first kappa shape index (κ1) is 13.7. The van der Waals surface area contributed by atoms with Gasteiger partial charge in [-0.05, 0) is 37.1 Å². The molecular formula is C14H22N2OS. The van der Waals surface area contributed by atoms with Gasteiger partial charge in [-0.1, -0.05) is 6.07 Å². The average Bonchev–Trinajstić information content (AvgIpc) is 2.46. The number of anilines is 1. The molecule has 1 fully saturated rings. The fourth-order valence-electron chi connectivity index (χ4n) is 2.68. The maximum absolute atomic E-state index is 9.33. The lowest BCUT2D eigenvalue weighted by atomic mass is 9.97. The van der Waals surface area contributed by atoms with E-state index in [9.17, 15) is 5.11 Å². The Kier molecular flexibility index (Phi) is 4.92. The Balaban J connectivity index is 2.26. The van der Waals surface area contributed by atoms with E-state index < -0.39 is 0 Å². The number of aliphatic hydroxyl groups excluding tert-OH is 1. The predicted molar refractivity (Wildman–Crippen MR) is 78.1 cm³/mol. The molecule has 100 valence electrons. The molecule has 2 rings (SSSR count). The quantitative estimate of drug-likeness (QED) is 0.819. The lowest BCUT2D eigenvalue weighted by Crippen LogP contribution is -2.37. The van der Waals surface area contributed by atoms with Crippen molar-refractivity contribution in [3.63, 3.8) is 0 Å². The third-order valence-electron chi connectivity index (χ3n) is 3.65. The van der Waals surface area contributed by atoms with E-state index in [-0.39, 0.29) is 6.61 Å². The molecule has 1 aliphatic rings. The summed E-state index contributed by atoms with van der Waals surface area (Å²) in [5.74, 6) is 0.405. The van der Waals surface area contributed by atoms with E-state index in [4.69, 9.17) is 5.73 Å². The van der Waals surface area contributed by atoms with Crippen LogP contribution in [0.15, 0.2) is 23.1 Å². The van der Waals surface area contributed by atoms with Crippen molar-refractivity contribution in [1.82, 2.24) is 0 Å². The summed E-state index contributed by atoms with van der Waals surface area (Å²) in [6.45, 7) is 2.88. The fourth-order valence-corrected chi connectivity index (χ4v) is 3.33. The van der Waals surface area contributed by atoms with Crippen LogP contribution in [0.2, 0.25) is 0 Å². The van der Waals surface area contributed by atoms with Gasteiger partial charge in [0.25, 0.3) is 0 Å². The van der Waals surface area contributed by atoms with Crippen molar-refractivity contribution in [1.29, 1.82) is 0 Å². The van der Waals surface area contributed by atoms with Crippen LogP contribution < -0.4 is 10.6 Å². The molecule has 1 saturated heterocycles. The SMILES string of the molecule is CSc1cccc(N2CCCC(CO)C2)c1CN. The monoisotopic (exact) mass is 266 g/mol. The summed E-state index contributed by atoms with van der Waals surface area (Å²) in [5, 5.41) is 9.33. The molecule has 0 saturated carbocycles. The largest absolute Gasteiger partial charge is 0.396 e. The first-order valence-electron chi connectivity index (χ1n) is 6.52. The van der Waals surface area contributed by atoms with E-state index in [0.29, 0.717) is 12.5 Å². The van der Waals surface area contributed by atoms with Gasteiger partial charge in [-0.3, -0.25) is 0 Å². The molecule has 1 heterocycles. The van der Waals surface area contributed by atoms with E-state index in [1.165, 1.54) is 16.1 Å². The van der Waals surface area contributed by atoms with Crippen molar-refractivity contribution < 1.29 is 5.11 Å². The molecule has 0 spiro atoms. The van der Waals surface area contributed by atoms with Gasteiger partial charge in [0.15, 0.2) is 0 Å². The van der Waals surface area contributed by atoms with Crippen LogP contribution in [-0.2, 0) is 6.54 Å². The zero-order chi connectivity index (χ0) is 13.0. The van der Waals surface area contributed by atoms with Crippen molar-refractivity contribution in [2.24, 2.45) is 11.7 Å². The highest BCUT2D eigenvalue weighted by atomic mass is 32.2. The Morgan fingerprint density at radius 1 is 1.50 bits per heavy atom. The molecule has 0 radical (unpaired) electrons. The van der Waals surface area contributed by atoms with Crippen LogP contribution in [0, 0.1) is 5.92 Å². The van der Waals surface area contributed by atoms with Crippen LogP contribution in [0.3, 0.4) is 0 Å². The van der Waals surface area contributed by atoms with Crippen molar-refractivity contribution in [2.75, 3.05) is 30.9 Å². The van der Waals surface area contributed by atoms with Crippen LogP contribution in [0.4, 0.5) is 5.69 Å². The number of nitrogens with zero attached hydrogens (tertiary/aromatic N) is 1. The molecule has 3 nitrogen and oxygen atoms in total. The van der Waals surface area contributed by atoms with Gasteiger partial charge in [0.05, 0.1) is 0 Å². The van der Waals surface area contributed by atoms with Gasteiger partial charge in [-0.2, -0.15) is 0 Å². The van der Waals surface area contributed by atoms with Gasteiger partial charge in [0, 0.05) is 42.4 Å². The summed E-state index contributed by atoms with van der Waals surface area (Å²) >= 11 is 1.75. The Morgan fingerprint density at radius 2 is 2.33 bits per heavy atom. The lowest BCUT2D eigenvalue weighted by Gasteiger charge is -2.35. The normalized spacial score (nSPS) is 20.2. The minimum Gasteiger partial charge on any atom is -0.396 e. The summed E-state index contributed by atoms with van der Waals surface area (Å²) in [5.41, 5.74) is 8.40. The molecule has 1 aromatic carbocycles. The van der Waals surface area contributed by atoms with E-state index in [0.717, 1.165) is 25.9 Å². The Morgan fingerprint density at radius 3 is 3.00 bits per heavy atom. The zero-order valence-electron chi connectivity index (χ0n) is 10.9. The number of piperidine rings is 1. The maximum atomic E-state index is 9.33. The number of hydrogen-bond donors (Lipinski definition) is 2. The minimum absolute atomic E-state index is 0.288. The summed E-state index contributed by atoms with van der Waals surface area (Å²) in [6, 6.07) is 6.38. The van der Waals surface area contributed by atoms with Crippen LogP contribution in [-0.4, -0.2) is 31.1 Å². The Labute approximate surface area is 113 Å². The highest BCUT2D eigenvalue weighted by Crippen LogP contribution is 2.31. The topological polar surface area (TPSA) is 49.5 Å². The second-order valence-electron chi connectivity index (χ2n) is 4.80. The minimum atomic E-state index is 0.288. The molecule has 0 aromatic heterocycles. The molecule has 0 bridgehead atoms. The van der Waals surface area contributed by atoms with Crippen molar-refractivity contribution >= 4 is 17.4 Å². The molecule has 1 atom stereocenters. The summed E-state index contributed by atoms with van der Waals surface area (Å²) in [4.78, 5) is 3.65. The zero-order valence-corrected chi connectivity index (χ0v) is 11.7. The van der Waals surface area contributed by atoms with Crippen molar-refractivity contribution in [3.8, 4) is 0 Å². The second-order valence-corrected chi connectivity index (χ2v) is 5.65. The Bertz CT molecular complexity index is 397. The van der Waals surface area contributed by atoms with Crippen LogP contribution >= 0.6 is 11.8 Å². The fraction of sp³-hybridized carbons (Fsp3) is 0.571. The van der Waals surface area contributed by atoms with Crippen LogP contribution in [0.1, 0.15) is 18.4 Å². The predicted octanol–water partition coefficient (Wildman–Crippen LogP) is 2.08. The first-order valence-corrected chi connectivity index (χ1v) is 7.74. The number of nitrogens with two attached hydrogens (primary N) is 1. The first-order chi connectivity index (χ1) is 8.80. The van der Waals surface area contributed by atoms with Crippen molar-refractivity contribution in [3.05, 3.63) is 23.8 Å². The number of hydrogen-bond acceptors (Lipinski definition) is 4. The number of benzene rings is 1. The smallest absolute Gasteiger partial charge is 0.0476 e. The number of aliphatic hydroxyl groups is 1. The lowest BCUT2D eigenvalue weighted by molar-refractivity contribution is 0.208. The third-order valence-corrected chi connectivity index (χ3v) is 4.47. The maximum Gasteiger partial charge on any atom is 0.0476 e. The van der Waals surface area contributed by atoms with E-state index in [2.05, 4.69) is 29.4 Å². The number of thioether (sulfide) groups is 1. The molecular weight excluding hydrogens is 244 g/mol. The van der Waals surface area contributed by atoms with Gasteiger partial charge in [-0.25, -0.2) is 0 Å². The van der Waals surface area contributed by atoms with E-state index in [1.807, 2.05) is 0 Å². The van der Waals surface area contributed by atoms with Crippen LogP contribution in [0.25, 0.3) is 0 Å². The molecule has 18 heavy (non-hydrogen) atoms. The van der Waals surface area contributed by atoms with Crippen molar-refractivity contribution in [2.45, 2.75) is 24.3 Å². The summed E-state index contributed by atoms with van der Waals surface area (Å²) in [7, 11) is 0. The molecule has 0 aliphatic carbocycles. The third kappa shape index (κ3) is 2.82. The van der Waals surface area contributed by atoms with Gasteiger partial charge in [-0.15, -0.1) is 11.8 Å². The molecule has 1 unspecified atom stereocenters. The molecule has 4 heteroatoms. The molecule has 1 aromatic rings. The molecule has 0 amide bonds. The summed E-state index contributed by atoms with van der Waals surface area (Å²) < 4.78 is 0. The standard InChI is InChI=1S/C14H22N2OS/c1-18-14-6-2-5-13(12(14)8-15)16-7-3-4-11(9-16)10-17/h2,5-6,11,17H,3-4,7-10,15H2,1H3. The average molecular weight is 266 g/mol. The molecule has 3 N–H and O–H groups in total. The second kappa shape index (κ2) is 6.45. The van der Waals surface area contributed by atoms with Gasteiger partial charge >= 0.3 is 0 Å². The highest BCUT2D eigenvalue weighted by Gasteiger charge is 2.21. The van der Waals surface area contributed by atoms with Gasteiger partial charge in [0.2, 0.25) is 0 Å². The Hall–Kier alpha value is -0.710.